The maximum atomic E-state index is 4.66. The average Bonchev–Trinajstić information content (AvgIpc) is 2.69. The van der Waals surface area contributed by atoms with Gasteiger partial charge in [-0.2, -0.15) is 5.10 Å². The lowest BCUT2D eigenvalue weighted by Crippen LogP contribution is -2.37. The van der Waals surface area contributed by atoms with Crippen molar-refractivity contribution in [3.05, 3.63) is 11.3 Å². The molecule has 2 atom stereocenters. The van der Waals surface area contributed by atoms with Crippen LogP contribution in [-0.2, 0) is 13.6 Å². The first kappa shape index (κ1) is 16.3. The molecule has 0 amide bonds. The van der Waals surface area contributed by atoms with E-state index in [9.17, 15) is 0 Å². The molecule has 0 bridgehead atoms. The van der Waals surface area contributed by atoms with E-state index in [4.69, 9.17) is 0 Å². The number of aryl methyl sites for hydroxylation is 2. The summed E-state index contributed by atoms with van der Waals surface area (Å²) in [4.78, 5) is 2.48. The molecule has 0 saturated heterocycles. The van der Waals surface area contributed by atoms with E-state index in [-0.39, 0.29) is 0 Å². The van der Waals surface area contributed by atoms with Crippen LogP contribution in [0.3, 0.4) is 0 Å². The van der Waals surface area contributed by atoms with Gasteiger partial charge < -0.3 is 10.2 Å². The standard InChI is InChI=1S/C17H32N4/c1-12(2)18-11-16-14(4)19-21(6)17(16)20(5)15-9-7-8-13(3)10-15/h12-13,15,18H,7-11H2,1-6H3. The molecule has 0 aliphatic heterocycles. The zero-order chi connectivity index (χ0) is 15.6. The zero-order valence-corrected chi connectivity index (χ0v) is 14.6. The molecule has 120 valence electrons. The molecule has 1 fully saturated rings. The molecule has 1 aliphatic rings. The van der Waals surface area contributed by atoms with Gasteiger partial charge in [0.25, 0.3) is 0 Å². The van der Waals surface area contributed by atoms with Crippen LogP contribution in [-0.4, -0.2) is 28.9 Å². The van der Waals surface area contributed by atoms with E-state index in [1.165, 1.54) is 37.1 Å². The van der Waals surface area contributed by atoms with Crippen molar-refractivity contribution in [1.29, 1.82) is 0 Å². The monoisotopic (exact) mass is 292 g/mol. The van der Waals surface area contributed by atoms with Crippen LogP contribution in [0.25, 0.3) is 0 Å². The minimum atomic E-state index is 0.498. The second-order valence-electron chi connectivity index (χ2n) is 7.08. The summed E-state index contributed by atoms with van der Waals surface area (Å²) in [5, 5.41) is 8.20. The molecule has 1 N–H and O–H groups in total. The van der Waals surface area contributed by atoms with Gasteiger partial charge in [0.2, 0.25) is 0 Å². The van der Waals surface area contributed by atoms with Gasteiger partial charge in [0.15, 0.2) is 0 Å². The van der Waals surface area contributed by atoms with E-state index in [1.54, 1.807) is 0 Å². The summed E-state index contributed by atoms with van der Waals surface area (Å²) in [5.74, 6) is 2.14. The molecule has 0 aromatic carbocycles. The Balaban J connectivity index is 2.20. The van der Waals surface area contributed by atoms with Crippen LogP contribution in [0.2, 0.25) is 0 Å². The number of nitrogens with one attached hydrogen (secondary N) is 1. The Morgan fingerprint density at radius 2 is 2.10 bits per heavy atom. The molecule has 21 heavy (non-hydrogen) atoms. The first-order chi connectivity index (χ1) is 9.90. The molecule has 0 radical (unpaired) electrons. The Morgan fingerprint density at radius 1 is 1.38 bits per heavy atom. The number of hydrogen-bond acceptors (Lipinski definition) is 3. The number of hydrogen-bond donors (Lipinski definition) is 1. The molecule has 4 heteroatoms. The first-order valence-electron chi connectivity index (χ1n) is 8.38. The lowest BCUT2D eigenvalue weighted by atomic mass is 9.86. The van der Waals surface area contributed by atoms with Crippen LogP contribution in [0.5, 0.6) is 0 Å². The quantitative estimate of drug-likeness (QED) is 0.904. The molecule has 1 aromatic heterocycles. The van der Waals surface area contributed by atoms with Crippen molar-refractivity contribution in [3.8, 4) is 0 Å². The predicted octanol–water partition coefficient (Wildman–Crippen LogP) is 3.24. The van der Waals surface area contributed by atoms with Gasteiger partial charge in [-0.3, -0.25) is 4.68 Å². The number of anilines is 1. The Morgan fingerprint density at radius 3 is 2.71 bits per heavy atom. The molecular formula is C17H32N4. The van der Waals surface area contributed by atoms with E-state index in [0.29, 0.717) is 12.1 Å². The second-order valence-corrected chi connectivity index (χ2v) is 7.08. The summed E-state index contributed by atoms with van der Waals surface area (Å²) in [7, 11) is 4.32. The van der Waals surface area contributed by atoms with E-state index in [1.807, 2.05) is 0 Å². The summed E-state index contributed by atoms with van der Waals surface area (Å²) in [6, 6.07) is 1.15. The third kappa shape index (κ3) is 3.79. The predicted molar refractivity (Wildman–Crippen MR) is 89.7 cm³/mol. The third-order valence-corrected chi connectivity index (χ3v) is 4.79. The summed E-state index contributed by atoms with van der Waals surface area (Å²) >= 11 is 0. The van der Waals surface area contributed by atoms with Gasteiger partial charge in [0, 0.05) is 38.3 Å². The highest BCUT2D eigenvalue weighted by Gasteiger charge is 2.26. The van der Waals surface area contributed by atoms with E-state index in [2.05, 4.69) is 61.8 Å². The molecule has 2 unspecified atom stereocenters. The largest absolute Gasteiger partial charge is 0.357 e. The van der Waals surface area contributed by atoms with Crippen LogP contribution in [0.15, 0.2) is 0 Å². The van der Waals surface area contributed by atoms with Crippen molar-refractivity contribution in [2.24, 2.45) is 13.0 Å². The van der Waals surface area contributed by atoms with Gasteiger partial charge in [-0.15, -0.1) is 0 Å². The van der Waals surface area contributed by atoms with E-state index < -0.39 is 0 Å². The van der Waals surface area contributed by atoms with Crippen LogP contribution < -0.4 is 10.2 Å². The zero-order valence-electron chi connectivity index (χ0n) is 14.6. The Hall–Kier alpha value is -1.03. The number of rotatable bonds is 5. The topological polar surface area (TPSA) is 33.1 Å². The fourth-order valence-corrected chi connectivity index (χ4v) is 3.57. The highest BCUT2D eigenvalue weighted by Crippen LogP contribution is 2.31. The molecule has 4 nitrogen and oxygen atoms in total. The summed E-state index contributed by atoms with van der Waals surface area (Å²) in [6.45, 7) is 9.79. The van der Waals surface area contributed by atoms with E-state index in [0.717, 1.165) is 18.2 Å². The number of aromatic nitrogens is 2. The Kier molecular flexibility index (Phi) is 5.31. The molecular weight excluding hydrogens is 260 g/mol. The first-order valence-corrected chi connectivity index (χ1v) is 8.38. The molecule has 2 rings (SSSR count). The third-order valence-electron chi connectivity index (χ3n) is 4.79. The van der Waals surface area contributed by atoms with E-state index >= 15 is 0 Å². The Bertz CT molecular complexity index is 464. The molecule has 1 saturated carbocycles. The minimum Gasteiger partial charge on any atom is -0.357 e. The lowest BCUT2D eigenvalue weighted by molar-refractivity contribution is 0.334. The van der Waals surface area contributed by atoms with Crippen LogP contribution >= 0.6 is 0 Å². The van der Waals surface area contributed by atoms with Crippen molar-refractivity contribution < 1.29 is 0 Å². The van der Waals surface area contributed by atoms with Crippen molar-refractivity contribution >= 4 is 5.82 Å². The van der Waals surface area contributed by atoms with Gasteiger partial charge in [0.05, 0.1) is 5.69 Å². The smallest absolute Gasteiger partial charge is 0.131 e. The summed E-state index contributed by atoms with van der Waals surface area (Å²) < 4.78 is 2.06. The second kappa shape index (κ2) is 6.82. The number of nitrogens with zero attached hydrogens (tertiary/aromatic N) is 3. The summed E-state index contributed by atoms with van der Waals surface area (Å²) in [5.41, 5.74) is 2.50. The minimum absolute atomic E-state index is 0.498. The fourth-order valence-electron chi connectivity index (χ4n) is 3.57. The van der Waals surface area contributed by atoms with Gasteiger partial charge >= 0.3 is 0 Å². The highest BCUT2D eigenvalue weighted by molar-refractivity contribution is 5.50. The maximum absolute atomic E-state index is 4.66. The van der Waals surface area contributed by atoms with Crippen LogP contribution in [0, 0.1) is 12.8 Å². The van der Waals surface area contributed by atoms with Crippen molar-refractivity contribution in [1.82, 2.24) is 15.1 Å². The van der Waals surface area contributed by atoms with Crippen molar-refractivity contribution in [2.75, 3.05) is 11.9 Å². The average molecular weight is 292 g/mol. The van der Waals surface area contributed by atoms with Gasteiger partial charge in [-0.05, 0) is 25.7 Å². The molecule has 1 aromatic rings. The fraction of sp³-hybridized carbons (Fsp3) is 0.824. The van der Waals surface area contributed by atoms with Crippen molar-refractivity contribution in [2.45, 2.75) is 72.0 Å². The highest BCUT2D eigenvalue weighted by atomic mass is 15.4. The van der Waals surface area contributed by atoms with Crippen LogP contribution in [0.4, 0.5) is 5.82 Å². The van der Waals surface area contributed by atoms with Gasteiger partial charge in [-0.25, -0.2) is 0 Å². The normalized spacial score (nSPS) is 22.8. The van der Waals surface area contributed by atoms with Gasteiger partial charge in [-0.1, -0.05) is 33.6 Å². The molecule has 1 heterocycles. The van der Waals surface area contributed by atoms with Crippen molar-refractivity contribution in [3.63, 3.8) is 0 Å². The molecule has 0 spiro atoms. The summed E-state index contributed by atoms with van der Waals surface area (Å²) in [6.07, 6.45) is 5.35. The maximum Gasteiger partial charge on any atom is 0.131 e. The Labute approximate surface area is 129 Å². The lowest BCUT2D eigenvalue weighted by Gasteiger charge is -2.36. The van der Waals surface area contributed by atoms with Crippen LogP contribution in [0.1, 0.15) is 57.7 Å². The van der Waals surface area contributed by atoms with Gasteiger partial charge in [0.1, 0.15) is 5.82 Å². The molecule has 1 aliphatic carbocycles. The SMILES string of the molecule is Cc1nn(C)c(N(C)C2CCCC(C)C2)c1CNC(C)C.